The first-order valence-corrected chi connectivity index (χ1v) is 11.0. The van der Waals surface area contributed by atoms with Gasteiger partial charge in [-0.05, 0) is 48.6 Å². The van der Waals surface area contributed by atoms with E-state index in [0.29, 0.717) is 0 Å². The Morgan fingerprint density at radius 1 is 1.13 bits per heavy atom. The van der Waals surface area contributed by atoms with Crippen LogP contribution in [0.3, 0.4) is 0 Å². The minimum atomic E-state index is -0.00384. The summed E-state index contributed by atoms with van der Waals surface area (Å²) in [4.78, 5) is 21.4. The average molecular weight is 409 g/mol. The summed E-state index contributed by atoms with van der Waals surface area (Å²) in [6.45, 7) is 8.06. The molecule has 4 rings (SSSR count). The molecule has 1 N–H and O–H groups in total. The van der Waals surface area contributed by atoms with Crippen molar-refractivity contribution in [3.63, 3.8) is 0 Å². The number of aryl methyl sites for hydroxylation is 1. The maximum Gasteiger partial charge on any atom is 0.321 e. The number of benzene rings is 1. The minimum Gasteiger partial charge on any atom is -0.379 e. The summed E-state index contributed by atoms with van der Waals surface area (Å²) in [6, 6.07) is 12.2. The molecule has 3 heterocycles. The van der Waals surface area contributed by atoms with Gasteiger partial charge in [-0.3, -0.25) is 9.88 Å². The molecule has 6 heteroatoms. The van der Waals surface area contributed by atoms with Gasteiger partial charge >= 0.3 is 6.03 Å². The van der Waals surface area contributed by atoms with Crippen molar-refractivity contribution in [3.05, 3.63) is 59.9 Å². The smallest absolute Gasteiger partial charge is 0.321 e. The Kier molecular flexibility index (Phi) is 6.65. The van der Waals surface area contributed by atoms with Crippen LogP contribution in [-0.4, -0.2) is 60.2 Å². The largest absolute Gasteiger partial charge is 0.379 e. The summed E-state index contributed by atoms with van der Waals surface area (Å²) in [7, 11) is 0. The Bertz CT molecular complexity index is 817. The lowest BCUT2D eigenvalue weighted by molar-refractivity contribution is 0.0242. The Labute approximate surface area is 179 Å². The van der Waals surface area contributed by atoms with E-state index < -0.39 is 0 Å². The second-order valence-corrected chi connectivity index (χ2v) is 8.59. The average Bonchev–Trinajstić information content (AvgIpc) is 2.97. The molecule has 0 radical (unpaired) electrons. The Morgan fingerprint density at radius 3 is 2.63 bits per heavy atom. The van der Waals surface area contributed by atoms with Crippen molar-refractivity contribution in [2.75, 3.05) is 44.7 Å². The standard InChI is InChI=1S/C24H32N4O2/c1-2-20-5-7-22(8-6-20)26-23(29)28-12-9-24(10-13-28)18-27(14-15-30-19-24)17-21-4-3-11-25-16-21/h3-8,11,16H,2,9-10,12-15,17-19H2,1H3,(H,26,29). The van der Waals surface area contributed by atoms with Gasteiger partial charge in [0.15, 0.2) is 0 Å². The lowest BCUT2D eigenvalue weighted by Gasteiger charge is -2.42. The second kappa shape index (κ2) is 9.58. The third kappa shape index (κ3) is 5.18. The highest BCUT2D eigenvalue weighted by Gasteiger charge is 2.39. The van der Waals surface area contributed by atoms with Crippen molar-refractivity contribution >= 4 is 11.7 Å². The number of rotatable bonds is 4. The Balaban J connectivity index is 1.33. The molecule has 0 atom stereocenters. The molecule has 2 fully saturated rings. The van der Waals surface area contributed by atoms with Gasteiger partial charge in [0.2, 0.25) is 0 Å². The van der Waals surface area contributed by atoms with E-state index >= 15 is 0 Å². The molecule has 2 aliphatic heterocycles. The minimum absolute atomic E-state index is 0.00384. The molecule has 2 aliphatic rings. The van der Waals surface area contributed by atoms with Crippen LogP contribution in [-0.2, 0) is 17.7 Å². The maximum absolute atomic E-state index is 12.7. The normalized spacial score (nSPS) is 19.4. The van der Waals surface area contributed by atoms with Crippen LogP contribution in [0.15, 0.2) is 48.8 Å². The fourth-order valence-corrected chi connectivity index (χ4v) is 4.48. The third-order valence-corrected chi connectivity index (χ3v) is 6.37. The number of amides is 2. The van der Waals surface area contributed by atoms with Gasteiger partial charge in [0.05, 0.1) is 13.2 Å². The van der Waals surface area contributed by atoms with Crippen LogP contribution in [0.25, 0.3) is 0 Å². The number of anilines is 1. The molecule has 1 aromatic carbocycles. The summed E-state index contributed by atoms with van der Waals surface area (Å²) in [6.07, 6.45) is 6.70. The number of nitrogens with one attached hydrogen (secondary N) is 1. The second-order valence-electron chi connectivity index (χ2n) is 8.59. The van der Waals surface area contributed by atoms with Crippen LogP contribution in [0.5, 0.6) is 0 Å². The van der Waals surface area contributed by atoms with Gasteiger partial charge in [0.25, 0.3) is 0 Å². The van der Waals surface area contributed by atoms with Gasteiger partial charge < -0.3 is 15.0 Å². The molecule has 6 nitrogen and oxygen atoms in total. The first-order chi connectivity index (χ1) is 14.7. The Hall–Kier alpha value is -2.44. The molecule has 2 amide bonds. The molecule has 0 unspecified atom stereocenters. The van der Waals surface area contributed by atoms with Gasteiger partial charge in [-0.25, -0.2) is 4.79 Å². The van der Waals surface area contributed by atoms with Crippen molar-refractivity contribution in [2.24, 2.45) is 5.41 Å². The van der Waals surface area contributed by atoms with Crippen LogP contribution < -0.4 is 5.32 Å². The van der Waals surface area contributed by atoms with Crippen molar-refractivity contribution in [1.82, 2.24) is 14.8 Å². The van der Waals surface area contributed by atoms with Crippen molar-refractivity contribution in [2.45, 2.75) is 32.7 Å². The van der Waals surface area contributed by atoms with E-state index in [1.165, 1.54) is 11.1 Å². The Morgan fingerprint density at radius 2 is 1.93 bits per heavy atom. The van der Waals surface area contributed by atoms with Gasteiger partial charge in [0.1, 0.15) is 0 Å². The topological polar surface area (TPSA) is 57.7 Å². The number of nitrogens with zero attached hydrogens (tertiary/aromatic N) is 3. The third-order valence-electron chi connectivity index (χ3n) is 6.37. The number of likely N-dealkylation sites (tertiary alicyclic amines) is 1. The summed E-state index contributed by atoms with van der Waals surface area (Å²) in [5.74, 6) is 0. The van der Waals surface area contributed by atoms with Gasteiger partial charge in [0, 0.05) is 56.2 Å². The number of hydrogen-bond acceptors (Lipinski definition) is 4. The fraction of sp³-hybridized carbons (Fsp3) is 0.500. The van der Waals surface area contributed by atoms with E-state index in [0.717, 1.165) is 70.9 Å². The summed E-state index contributed by atoms with van der Waals surface area (Å²) in [5, 5.41) is 3.05. The summed E-state index contributed by atoms with van der Waals surface area (Å²) >= 11 is 0. The van der Waals surface area contributed by atoms with E-state index in [9.17, 15) is 4.79 Å². The van der Waals surface area contributed by atoms with Crippen LogP contribution in [0.1, 0.15) is 30.9 Å². The number of ether oxygens (including phenoxy) is 1. The van der Waals surface area contributed by atoms with Gasteiger partial charge in [-0.1, -0.05) is 25.1 Å². The zero-order valence-electron chi connectivity index (χ0n) is 17.8. The highest BCUT2D eigenvalue weighted by molar-refractivity contribution is 5.89. The van der Waals surface area contributed by atoms with Crippen LogP contribution in [0.4, 0.5) is 10.5 Å². The molecule has 2 saturated heterocycles. The molecule has 2 aromatic rings. The van der Waals surface area contributed by atoms with Crippen LogP contribution in [0, 0.1) is 5.41 Å². The number of carbonyl (C=O) groups is 1. The molecule has 160 valence electrons. The zero-order valence-corrected chi connectivity index (χ0v) is 17.8. The number of hydrogen-bond donors (Lipinski definition) is 1. The molecular weight excluding hydrogens is 376 g/mol. The molecule has 1 aromatic heterocycles. The predicted molar refractivity (Wildman–Crippen MR) is 118 cm³/mol. The lowest BCUT2D eigenvalue weighted by atomic mass is 9.78. The first kappa shape index (κ1) is 20.8. The predicted octanol–water partition coefficient (Wildman–Crippen LogP) is 3.79. The van der Waals surface area contributed by atoms with E-state index in [4.69, 9.17) is 4.74 Å². The number of carbonyl (C=O) groups excluding carboxylic acids is 1. The molecular formula is C24H32N4O2. The quantitative estimate of drug-likeness (QED) is 0.836. The van der Waals surface area contributed by atoms with Crippen LogP contribution in [0.2, 0.25) is 0 Å². The lowest BCUT2D eigenvalue weighted by Crippen LogP contribution is -2.49. The zero-order chi connectivity index (χ0) is 20.8. The van der Waals surface area contributed by atoms with Crippen LogP contribution >= 0.6 is 0 Å². The SMILES string of the molecule is CCc1ccc(NC(=O)N2CCC3(CC2)COCCN(Cc2cccnc2)C3)cc1. The van der Waals surface area contributed by atoms with Crippen molar-refractivity contribution in [1.29, 1.82) is 0 Å². The number of piperidine rings is 1. The number of aromatic nitrogens is 1. The molecule has 0 aliphatic carbocycles. The van der Waals surface area contributed by atoms with E-state index in [2.05, 4.69) is 40.3 Å². The molecule has 1 spiro atoms. The number of urea groups is 1. The van der Waals surface area contributed by atoms with Crippen molar-refractivity contribution in [3.8, 4) is 0 Å². The van der Waals surface area contributed by atoms with Gasteiger partial charge in [-0.2, -0.15) is 0 Å². The highest BCUT2D eigenvalue weighted by atomic mass is 16.5. The molecule has 0 bridgehead atoms. The van der Waals surface area contributed by atoms with E-state index in [-0.39, 0.29) is 11.4 Å². The summed E-state index contributed by atoms with van der Waals surface area (Å²) < 4.78 is 5.99. The molecule has 30 heavy (non-hydrogen) atoms. The number of pyridine rings is 1. The van der Waals surface area contributed by atoms with Crippen molar-refractivity contribution < 1.29 is 9.53 Å². The fourth-order valence-electron chi connectivity index (χ4n) is 4.48. The first-order valence-electron chi connectivity index (χ1n) is 11.0. The van der Waals surface area contributed by atoms with E-state index in [1.54, 1.807) is 0 Å². The highest BCUT2D eigenvalue weighted by Crippen LogP contribution is 2.35. The maximum atomic E-state index is 12.7. The molecule has 0 saturated carbocycles. The summed E-state index contributed by atoms with van der Waals surface area (Å²) in [5.41, 5.74) is 3.49. The van der Waals surface area contributed by atoms with E-state index in [1.807, 2.05) is 35.5 Å². The van der Waals surface area contributed by atoms with Gasteiger partial charge in [-0.15, -0.1) is 0 Å². The monoisotopic (exact) mass is 408 g/mol.